The largest absolute Gasteiger partial charge is 0.481 e. The van der Waals surface area contributed by atoms with Gasteiger partial charge in [0.05, 0.1) is 17.7 Å². The average molecular weight is 473 g/mol. The highest BCUT2D eigenvalue weighted by Gasteiger charge is 2.29. The molecule has 7 heteroatoms. The number of anilines is 1. The summed E-state index contributed by atoms with van der Waals surface area (Å²) >= 11 is 0. The van der Waals surface area contributed by atoms with E-state index in [2.05, 4.69) is 22.8 Å². The average Bonchev–Trinajstić information content (AvgIpc) is 3.16. The van der Waals surface area contributed by atoms with Gasteiger partial charge in [-0.3, -0.25) is 14.9 Å². The smallest absolute Gasteiger partial charge is 0.411 e. The minimum absolute atomic E-state index is 0.0738. The summed E-state index contributed by atoms with van der Waals surface area (Å²) in [6, 6.07) is 20.7. The van der Waals surface area contributed by atoms with Gasteiger partial charge < -0.3 is 15.2 Å². The lowest BCUT2D eigenvalue weighted by Crippen LogP contribution is -2.36. The predicted molar refractivity (Wildman–Crippen MR) is 134 cm³/mol. The fourth-order valence-corrected chi connectivity index (χ4v) is 4.47. The van der Waals surface area contributed by atoms with E-state index in [9.17, 15) is 14.4 Å². The minimum Gasteiger partial charge on any atom is -0.481 e. The molecular formula is C28H28N2O5. The van der Waals surface area contributed by atoms with Crippen molar-refractivity contribution in [1.82, 2.24) is 5.32 Å². The van der Waals surface area contributed by atoms with Gasteiger partial charge in [-0.1, -0.05) is 67.1 Å². The first kappa shape index (κ1) is 24.0. The van der Waals surface area contributed by atoms with Crippen LogP contribution < -0.4 is 10.6 Å². The predicted octanol–water partition coefficient (Wildman–Crippen LogP) is 5.34. The van der Waals surface area contributed by atoms with Gasteiger partial charge in [0, 0.05) is 12.0 Å². The first-order valence-electron chi connectivity index (χ1n) is 11.6. The molecule has 0 spiro atoms. The second-order valence-corrected chi connectivity index (χ2v) is 8.68. The number of rotatable bonds is 8. The number of hydrogen-bond donors (Lipinski definition) is 3. The van der Waals surface area contributed by atoms with Crippen LogP contribution in [0, 0.1) is 6.92 Å². The Hall–Kier alpha value is -4.13. The summed E-state index contributed by atoms with van der Waals surface area (Å²) in [5, 5.41) is 14.5. The van der Waals surface area contributed by atoms with Crippen molar-refractivity contribution in [2.24, 2.45) is 0 Å². The number of carbonyl (C=O) groups is 3. The Bertz CT molecular complexity index is 1220. The SMILES string of the molecule is CCC(CC(=O)O)NC(=O)c1cc(C)ccc1NC(=O)OCC1c2ccccc2-c2ccccc21. The van der Waals surface area contributed by atoms with E-state index in [0.29, 0.717) is 12.1 Å². The van der Waals surface area contributed by atoms with E-state index in [4.69, 9.17) is 9.84 Å². The Kier molecular flexibility index (Phi) is 7.15. The molecule has 3 N–H and O–H groups in total. The fraction of sp³-hybridized carbons (Fsp3) is 0.250. The molecule has 0 saturated heterocycles. The Morgan fingerprint density at radius 2 is 1.60 bits per heavy atom. The van der Waals surface area contributed by atoms with E-state index >= 15 is 0 Å². The monoisotopic (exact) mass is 472 g/mol. The summed E-state index contributed by atoms with van der Waals surface area (Å²) in [6.45, 7) is 3.80. The van der Waals surface area contributed by atoms with Crippen LogP contribution in [0.4, 0.5) is 10.5 Å². The number of amides is 2. The number of nitrogens with one attached hydrogen (secondary N) is 2. The van der Waals surface area contributed by atoms with Crippen molar-refractivity contribution >= 4 is 23.7 Å². The molecule has 3 aromatic rings. The maximum absolute atomic E-state index is 12.9. The molecule has 180 valence electrons. The maximum atomic E-state index is 12.9. The lowest BCUT2D eigenvalue weighted by Gasteiger charge is -2.18. The van der Waals surface area contributed by atoms with Gasteiger partial charge in [0.1, 0.15) is 6.61 Å². The Balaban J connectivity index is 1.46. The second kappa shape index (κ2) is 10.4. The van der Waals surface area contributed by atoms with Crippen LogP contribution in [0.2, 0.25) is 0 Å². The number of ether oxygens (including phenoxy) is 1. The second-order valence-electron chi connectivity index (χ2n) is 8.68. The van der Waals surface area contributed by atoms with Crippen molar-refractivity contribution in [2.75, 3.05) is 11.9 Å². The summed E-state index contributed by atoms with van der Waals surface area (Å²) < 4.78 is 5.60. The quantitative estimate of drug-likeness (QED) is 0.411. The molecule has 35 heavy (non-hydrogen) atoms. The van der Waals surface area contributed by atoms with Gasteiger partial charge >= 0.3 is 12.1 Å². The third-order valence-electron chi connectivity index (χ3n) is 6.25. The van der Waals surface area contributed by atoms with Crippen molar-refractivity contribution in [3.63, 3.8) is 0 Å². The first-order chi connectivity index (χ1) is 16.9. The number of carbonyl (C=O) groups excluding carboxylic acids is 2. The zero-order valence-electron chi connectivity index (χ0n) is 19.7. The molecule has 2 amide bonds. The molecule has 3 aromatic carbocycles. The number of hydrogen-bond acceptors (Lipinski definition) is 4. The molecule has 4 rings (SSSR count). The molecule has 1 aliphatic carbocycles. The highest BCUT2D eigenvalue weighted by atomic mass is 16.5. The molecule has 0 saturated carbocycles. The van der Waals surface area contributed by atoms with E-state index in [1.807, 2.05) is 43.3 Å². The first-order valence-corrected chi connectivity index (χ1v) is 11.6. The van der Waals surface area contributed by atoms with Crippen molar-refractivity contribution in [2.45, 2.75) is 38.6 Å². The van der Waals surface area contributed by atoms with Gasteiger partial charge in [0.15, 0.2) is 0 Å². The molecule has 1 aliphatic rings. The van der Waals surface area contributed by atoms with Gasteiger partial charge in [0.2, 0.25) is 0 Å². The van der Waals surface area contributed by atoms with Crippen LogP contribution in [-0.2, 0) is 9.53 Å². The van der Waals surface area contributed by atoms with E-state index in [-0.39, 0.29) is 24.5 Å². The van der Waals surface area contributed by atoms with E-state index < -0.39 is 24.0 Å². The number of aliphatic carboxylic acids is 1. The van der Waals surface area contributed by atoms with E-state index in [1.54, 1.807) is 25.1 Å². The van der Waals surface area contributed by atoms with Gasteiger partial charge in [-0.25, -0.2) is 4.79 Å². The van der Waals surface area contributed by atoms with Crippen LogP contribution in [0.3, 0.4) is 0 Å². The summed E-state index contributed by atoms with van der Waals surface area (Å²) in [5.41, 5.74) is 5.89. The number of carboxylic acid groups (broad SMARTS) is 1. The Morgan fingerprint density at radius 3 is 2.20 bits per heavy atom. The molecular weight excluding hydrogens is 444 g/mol. The zero-order chi connectivity index (χ0) is 24.9. The molecule has 0 bridgehead atoms. The Labute approximate surface area is 204 Å². The maximum Gasteiger partial charge on any atom is 0.411 e. The number of fused-ring (bicyclic) bond motifs is 3. The van der Waals surface area contributed by atoms with E-state index in [1.165, 1.54) is 0 Å². The van der Waals surface area contributed by atoms with Crippen LogP contribution in [0.15, 0.2) is 66.7 Å². The number of aryl methyl sites for hydroxylation is 1. The third-order valence-corrected chi connectivity index (χ3v) is 6.25. The molecule has 0 aromatic heterocycles. The molecule has 1 unspecified atom stereocenters. The summed E-state index contributed by atoms with van der Waals surface area (Å²) in [4.78, 5) is 36.7. The van der Waals surface area contributed by atoms with Gasteiger partial charge in [-0.05, 0) is 47.7 Å². The summed E-state index contributed by atoms with van der Waals surface area (Å²) in [5.74, 6) is -1.51. The lowest BCUT2D eigenvalue weighted by atomic mass is 9.98. The van der Waals surface area contributed by atoms with Gasteiger partial charge in [-0.15, -0.1) is 0 Å². The number of benzene rings is 3. The topological polar surface area (TPSA) is 105 Å². The highest BCUT2D eigenvalue weighted by Crippen LogP contribution is 2.44. The van der Waals surface area contributed by atoms with E-state index in [0.717, 1.165) is 27.8 Å². The molecule has 0 aliphatic heterocycles. The van der Waals surface area contributed by atoms with Crippen LogP contribution in [0.25, 0.3) is 11.1 Å². The van der Waals surface area contributed by atoms with Crippen LogP contribution in [0.5, 0.6) is 0 Å². The standard InChI is InChI=1S/C28H28N2O5/c1-3-18(15-26(31)32)29-27(33)23-14-17(2)12-13-25(23)30-28(34)35-16-24-21-10-6-4-8-19(21)20-9-5-7-11-22(20)24/h4-14,18,24H,3,15-16H2,1-2H3,(H,29,33)(H,30,34)(H,31,32). The van der Waals surface area contributed by atoms with Crippen molar-refractivity contribution in [3.05, 3.63) is 89.0 Å². The molecule has 0 heterocycles. The van der Waals surface area contributed by atoms with Crippen LogP contribution in [0.1, 0.15) is 52.7 Å². The molecule has 0 fully saturated rings. The van der Waals surface area contributed by atoms with Crippen LogP contribution >= 0.6 is 0 Å². The summed E-state index contributed by atoms with van der Waals surface area (Å²) in [7, 11) is 0. The fourth-order valence-electron chi connectivity index (χ4n) is 4.47. The van der Waals surface area contributed by atoms with Crippen molar-refractivity contribution in [1.29, 1.82) is 0 Å². The third kappa shape index (κ3) is 5.35. The minimum atomic E-state index is -0.988. The summed E-state index contributed by atoms with van der Waals surface area (Å²) in [6.07, 6.45) is -0.371. The van der Waals surface area contributed by atoms with Gasteiger partial charge in [0.25, 0.3) is 5.91 Å². The zero-order valence-corrected chi connectivity index (χ0v) is 19.7. The van der Waals surface area contributed by atoms with Crippen LogP contribution in [-0.4, -0.2) is 35.7 Å². The number of carboxylic acids is 1. The molecule has 0 radical (unpaired) electrons. The Morgan fingerprint density at radius 1 is 0.971 bits per heavy atom. The lowest BCUT2D eigenvalue weighted by molar-refractivity contribution is -0.137. The van der Waals surface area contributed by atoms with Gasteiger partial charge in [-0.2, -0.15) is 0 Å². The molecule has 7 nitrogen and oxygen atoms in total. The normalized spacial score (nSPS) is 12.9. The molecule has 1 atom stereocenters. The van der Waals surface area contributed by atoms with Crippen molar-refractivity contribution < 1.29 is 24.2 Å². The highest BCUT2D eigenvalue weighted by molar-refractivity contribution is 6.03. The van der Waals surface area contributed by atoms with Crippen molar-refractivity contribution in [3.8, 4) is 11.1 Å².